The van der Waals surface area contributed by atoms with Crippen LogP contribution in [0.4, 0.5) is 10.5 Å². The second-order valence-corrected chi connectivity index (χ2v) is 3.47. The summed E-state index contributed by atoms with van der Waals surface area (Å²) >= 11 is 0. The second kappa shape index (κ2) is 2.97. The van der Waals surface area contributed by atoms with E-state index in [0.29, 0.717) is 0 Å². The van der Waals surface area contributed by atoms with E-state index >= 15 is 0 Å². The van der Waals surface area contributed by atoms with Gasteiger partial charge < -0.3 is 4.74 Å². The van der Waals surface area contributed by atoms with Crippen molar-refractivity contribution in [3.8, 4) is 0 Å². The van der Waals surface area contributed by atoms with Gasteiger partial charge in [0, 0.05) is 12.7 Å². The van der Waals surface area contributed by atoms with Crippen molar-refractivity contribution in [1.29, 1.82) is 0 Å². The van der Waals surface area contributed by atoms with Crippen molar-refractivity contribution in [1.82, 2.24) is 4.98 Å². The number of anilines is 1. The van der Waals surface area contributed by atoms with Crippen LogP contribution in [0.25, 0.3) is 0 Å². The van der Waals surface area contributed by atoms with Gasteiger partial charge in [0.05, 0.1) is 5.69 Å². The Morgan fingerprint density at radius 3 is 2.93 bits per heavy atom. The first-order valence-electron chi connectivity index (χ1n) is 4.47. The minimum Gasteiger partial charge on any atom is -0.443 e. The molecule has 14 heavy (non-hydrogen) atoms. The lowest BCUT2D eigenvalue weighted by Gasteiger charge is -2.25. The Labute approximate surface area is 82.5 Å². The summed E-state index contributed by atoms with van der Waals surface area (Å²) < 4.78 is 4.94. The Hall–Kier alpha value is -1.58. The molecule has 2 rings (SSSR count). The van der Waals surface area contributed by atoms with Gasteiger partial charge in [0.1, 0.15) is 12.3 Å². The van der Waals surface area contributed by atoms with Crippen molar-refractivity contribution in [2.24, 2.45) is 0 Å². The standard InChI is InChI=1S/C10H12N2O2/c1-6-4-9-8(11-7(6)2)5-14-10(13)12(9)3/h4H,5H2,1-3H3. The number of fused-ring (bicyclic) bond motifs is 1. The number of ether oxygens (including phenoxy) is 1. The Bertz CT molecular complexity index is 401. The third kappa shape index (κ3) is 1.23. The molecule has 1 aromatic rings. The molecule has 0 N–H and O–H groups in total. The molecule has 0 saturated heterocycles. The first kappa shape index (κ1) is 8.99. The predicted molar refractivity (Wildman–Crippen MR) is 52.3 cm³/mol. The lowest BCUT2D eigenvalue weighted by Crippen LogP contribution is -2.32. The van der Waals surface area contributed by atoms with E-state index in [9.17, 15) is 4.79 Å². The number of carbonyl (C=O) groups excluding carboxylic acids is 1. The minimum atomic E-state index is -0.317. The van der Waals surface area contributed by atoms with Gasteiger partial charge in [-0.2, -0.15) is 0 Å². The number of carbonyl (C=O) groups is 1. The fourth-order valence-electron chi connectivity index (χ4n) is 1.46. The van der Waals surface area contributed by atoms with E-state index in [0.717, 1.165) is 22.6 Å². The first-order chi connectivity index (χ1) is 6.59. The van der Waals surface area contributed by atoms with Crippen molar-refractivity contribution in [2.75, 3.05) is 11.9 Å². The smallest absolute Gasteiger partial charge is 0.414 e. The molecule has 0 aromatic carbocycles. The molecule has 0 radical (unpaired) electrons. The van der Waals surface area contributed by atoms with E-state index in [1.165, 1.54) is 4.90 Å². The average molecular weight is 192 g/mol. The quantitative estimate of drug-likeness (QED) is 0.629. The lowest BCUT2D eigenvalue weighted by atomic mass is 10.1. The van der Waals surface area contributed by atoms with Crippen LogP contribution in [0, 0.1) is 13.8 Å². The second-order valence-electron chi connectivity index (χ2n) is 3.47. The summed E-state index contributed by atoms with van der Waals surface area (Å²) in [5.41, 5.74) is 3.75. The van der Waals surface area contributed by atoms with Gasteiger partial charge >= 0.3 is 6.09 Å². The van der Waals surface area contributed by atoms with Crippen LogP contribution >= 0.6 is 0 Å². The number of aryl methyl sites for hydroxylation is 2. The van der Waals surface area contributed by atoms with Crippen LogP contribution in [0.2, 0.25) is 0 Å². The van der Waals surface area contributed by atoms with Crippen LogP contribution in [0.15, 0.2) is 6.07 Å². The maximum absolute atomic E-state index is 11.2. The zero-order chi connectivity index (χ0) is 10.3. The topological polar surface area (TPSA) is 42.4 Å². The van der Waals surface area contributed by atoms with E-state index in [1.54, 1.807) is 7.05 Å². The fraction of sp³-hybridized carbons (Fsp3) is 0.400. The molecule has 0 unspecified atom stereocenters. The molecule has 1 aliphatic heterocycles. The average Bonchev–Trinajstić information content (AvgIpc) is 2.15. The Morgan fingerprint density at radius 2 is 2.21 bits per heavy atom. The van der Waals surface area contributed by atoms with Crippen molar-refractivity contribution in [3.63, 3.8) is 0 Å². The maximum Gasteiger partial charge on any atom is 0.414 e. The van der Waals surface area contributed by atoms with E-state index in [2.05, 4.69) is 4.98 Å². The normalized spacial score (nSPS) is 15.1. The number of pyridine rings is 1. The highest BCUT2D eigenvalue weighted by atomic mass is 16.6. The predicted octanol–water partition coefficient (Wildman–Crippen LogP) is 1.78. The molecule has 0 atom stereocenters. The summed E-state index contributed by atoms with van der Waals surface area (Å²) in [6.45, 7) is 4.21. The summed E-state index contributed by atoms with van der Waals surface area (Å²) in [5.74, 6) is 0. The van der Waals surface area contributed by atoms with Crippen LogP contribution in [0.1, 0.15) is 17.0 Å². The van der Waals surface area contributed by atoms with Crippen molar-refractivity contribution < 1.29 is 9.53 Å². The molecule has 0 bridgehead atoms. The number of amides is 1. The Kier molecular flexibility index (Phi) is 1.91. The molecule has 0 spiro atoms. The van der Waals surface area contributed by atoms with Gasteiger partial charge in [0.25, 0.3) is 0 Å². The van der Waals surface area contributed by atoms with E-state index in [-0.39, 0.29) is 12.7 Å². The van der Waals surface area contributed by atoms with Crippen molar-refractivity contribution in [3.05, 3.63) is 23.0 Å². The molecule has 0 fully saturated rings. The molecule has 2 heterocycles. The molecule has 0 saturated carbocycles. The zero-order valence-corrected chi connectivity index (χ0v) is 8.50. The van der Waals surface area contributed by atoms with Crippen LogP contribution < -0.4 is 4.90 Å². The van der Waals surface area contributed by atoms with E-state index in [1.807, 2.05) is 19.9 Å². The van der Waals surface area contributed by atoms with Crippen molar-refractivity contribution in [2.45, 2.75) is 20.5 Å². The zero-order valence-electron chi connectivity index (χ0n) is 8.50. The Balaban J connectivity index is 2.55. The number of rotatable bonds is 0. The van der Waals surface area contributed by atoms with Gasteiger partial charge in [-0.15, -0.1) is 0 Å². The summed E-state index contributed by atoms with van der Waals surface area (Å²) in [4.78, 5) is 17.1. The maximum atomic E-state index is 11.2. The molecule has 74 valence electrons. The summed E-state index contributed by atoms with van der Waals surface area (Å²) in [7, 11) is 1.69. The number of cyclic esters (lactones) is 1. The molecule has 4 nitrogen and oxygen atoms in total. The van der Waals surface area contributed by atoms with Gasteiger partial charge in [0.15, 0.2) is 0 Å². The highest BCUT2D eigenvalue weighted by Crippen LogP contribution is 2.26. The molecule has 0 aliphatic carbocycles. The lowest BCUT2D eigenvalue weighted by molar-refractivity contribution is 0.141. The SMILES string of the molecule is Cc1cc2c(nc1C)COC(=O)N2C. The number of aromatic nitrogens is 1. The third-order valence-electron chi connectivity index (χ3n) is 2.49. The molecule has 1 aromatic heterocycles. The molecule has 1 amide bonds. The van der Waals surface area contributed by atoms with Gasteiger partial charge in [0.2, 0.25) is 0 Å². The first-order valence-corrected chi connectivity index (χ1v) is 4.47. The largest absolute Gasteiger partial charge is 0.443 e. The third-order valence-corrected chi connectivity index (χ3v) is 2.49. The van der Waals surface area contributed by atoms with Crippen molar-refractivity contribution >= 4 is 11.8 Å². The van der Waals surface area contributed by atoms with Gasteiger partial charge in [-0.25, -0.2) is 4.79 Å². The fourth-order valence-corrected chi connectivity index (χ4v) is 1.46. The number of nitrogens with zero attached hydrogens (tertiary/aromatic N) is 2. The Morgan fingerprint density at radius 1 is 1.50 bits per heavy atom. The molecule has 4 heteroatoms. The number of hydrogen-bond acceptors (Lipinski definition) is 3. The molecular weight excluding hydrogens is 180 g/mol. The minimum absolute atomic E-state index is 0.277. The highest BCUT2D eigenvalue weighted by Gasteiger charge is 2.23. The number of hydrogen-bond donors (Lipinski definition) is 0. The van der Waals surface area contributed by atoms with E-state index in [4.69, 9.17) is 4.74 Å². The van der Waals surface area contributed by atoms with Crippen LogP contribution in [0.3, 0.4) is 0 Å². The molecule has 1 aliphatic rings. The monoisotopic (exact) mass is 192 g/mol. The van der Waals surface area contributed by atoms with Crippen LogP contribution in [0.5, 0.6) is 0 Å². The summed E-state index contributed by atoms with van der Waals surface area (Å²) in [6.07, 6.45) is -0.317. The van der Waals surface area contributed by atoms with Crippen LogP contribution in [-0.2, 0) is 11.3 Å². The van der Waals surface area contributed by atoms with Crippen LogP contribution in [-0.4, -0.2) is 18.1 Å². The molecular formula is C10H12N2O2. The van der Waals surface area contributed by atoms with Gasteiger partial charge in [-0.3, -0.25) is 9.88 Å². The summed E-state index contributed by atoms with van der Waals surface area (Å²) in [6, 6.07) is 1.97. The van der Waals surface area contributed by atoms with E-state index < -0.39 is 0 Å². The summed E-state index contributed by atoms with van der Waals surface area (Å²) in [5, 5.41) is 0. The van der Waals surface area contributed by atoms with Gasteiger partial charge in [-0.1, -0.05) is 0 Å². The highest BCUT2D eigenvalue weighted by molar-refractivity contribution is 5.89. The van der Waals surface area contributed by atoms with Gasteiger partial charge in [-0.05, 0) is 25.5 Å².